The molecule has 6 nitrogen and oxygen atoms in total. The number of carbonyl (C=O) groups excluding carboxylic acids is 2. The summed E-state index contributed by atoms with van der Waals surface area (Å²) in [4.78, 5) is 28.2. The third kappa shape index (κ3) is 5.67. The number of nitrogens with zero attached hydrogens (tertiary/aromatic N) is 1. The van der Waals surface area contributed by atoms with Crippen molar-refractivity contribution in [1.82, 2.24) is 9.71 Å². The number of amides is 1. The quantitative estimate of drug-likeness (QED) is 0.407. The minimum absolute atomic E-state index is 0.223. The average Bonchev–Trinajstić information content (AvgIpc) is 2.65. The Hall–Kier alpha value is -2.19. The second kappa shape index (κ2) is 9.49. The van der Waals surface area contributed by atoms with Gasteiger partial charge < -0.3 is 4.74 Å². The highest BCUT2D eigenvalue weighted by molar-refractivity contribution is 9.10. The SMILES string of the molecule is COC(=O)CCCC=S(=O)(NC(=O)c1cncc(Br)c1)c1ccccc1. The first-order chi connectivity index (χ1) is 12.4. The van der Waals surface area contributed by atoms with Gasteiger partial charge in [-0.1, -0.05) is 18.2 Å². The molecule has 1 N–H and O–H groups in total. The number of unbranched alkanes of at least 4 members (excludes halogenated alkanes) is 1. The first kappa shape index (κ1) is 20.1. The molecule has 1 aromatic carbocycles. The highest BCUT2D eigenvalue weighted by Gasteiger charge is 2.16. The van der Waals surface area contributed by atoms with Crippen molar-refractivity contribution in [3.8, 4) is 0 Å². The van der Waals surface area contributed by atoms with Crippen LogP contribution in [0.2, 0.25) is 0 Å². The van der Waals surface area contributed by atoms with Crippen LogP contribution in [0.4, 0.5) is 0 Å². The predicted molar refractivity (Wildman–Crippen MR) is 104 cm³/mol. The molecule has 0 radical (unpaired) electrons. The van der Waals surface area contributed by atoms with E-state index in [0.717, 1.165) is 0 Å². The standard InChI is InChI=1S/C18H19BrN2O4S/c1-25-17(22)9-5-6-10-26(24,16-7-3-2-4-8-16)21-18(23)14-11-15(19)13-20-12-14/h2-4,7-8,10-13H,5-6,9H2,1H3,(H,21,23,24). The molecule has 1 unspecified atom stereocenters. The van der Waals surface area contributed by atoms with Crippen LogP contribution < -0.4 is 4.72 Å². The van der Waals surface area contributed by atoms with E-state index < -0.39 is 15.6 Å². The van der Waals surface area contributed by atoms with Gasteiger partial charge in [-0.2, -0.15) is 0 Å². The van der Waals surface area contributed by atoms with Gasteiger partial charge in [0.15, 0.2) is 0 Å². The summed E-state index contributed by atoms with van der Waals surface area (Å²) in [5.41, 5.74) is 0.297. The number of rotatable bonds is 7. The van der Waals surface area contributed by atoms with Crippen molar-refractivity contribution in [3.63, 3.8) is 0 Å². The number of nitrogens with one attached hydrogen (secondary N) is 1. The molecule has 0 saturated carbocycles. The lowest BCUT2D eigenvalue weighted by Gasteiger charge is -2.14. The Morgan fingerprint density at radius 1 is 1.27 bits per heavy atom. The van der Waals surface area contributed by atoms with E-state index in [-0.39, 0.29) is 12.4 Å². The second-order valence-electron chi connectivity index (χ2n) is 5.37. The van der Waals surface area contributed by atoms with Gasteiger partial charge >= 0.3 is 5.97 Å². The predicted octanol–water partition coefficient (Wildman–Crippen LogP) is 2.98. The third-order valence-corrected chi connectivity index (χ3v) is 6.07. The Kier molecular flexibility index (Phi) is 7.35. The summed E-state index contributed by atoms with van der Waals surface area (Å²) in [7, 11) is -1.63. The molecule has 8 heteroatoms. The van der Waals surface area contributed by atoms with Crippen molar-refractivity contribution in [2.75, 3.05) is 7.11 Å². The number of pyridine rings is 1. The maximum atomic E-state index is 13.4. The normalized spacial score (nSPS) is 12.7. The highest BCUT2D eigenvalue weighted by Crippen LogP contribution is 2.13. The molecule has 1 atom stereocenters. The molecule has 1 heterocycles. The fourth-order valence-electron chi connectivity index (χ4n) is 2.15. The summed E-state index contributed by atoms with van der Waals surface area (Å²) >= 11 is 3.26. The molecule has 0 bridgehead atoms. The lowest BCUT2D eigenvalue weighted by atomic mass is 10.2. The Morgan fingerprint density at radius 3 is 2.65 bits per heavy atom. The number of ether oxygens (including phenoxy) is 1. The van der Waals surface area contributed by atoms with Crippen LogP contribution in [0.25, 0.3) is 0 Å². The average molecular weight is 439 g/mol. The van der Waals surface area contributed by atoms with Crippen molar-refractivity contribution in [2.24, 2.45) is 0 Å². The molecule has 138 valence electrons. The van der Waals surface area contributed by atoms with Gasteiger partial charge in [0.1, 0.15) is 0 Å². The van der Waals surface area contributed by atoms with E-state index in [1.165, 1.54) is 13.3 Å². The van der Waals surface area contributed by atoms with Crippen molar-refractivity contribution in [2.45, 2.75) is 24.2 Å². The van der Waals surface area contributed by atoms with Gasteiger partial charge in [-0.25, -0.2) is 4.21 Å². The Morgan fingerprint density at radius 2 is 2.00 bits per heavy atom. The molecule has 0 aliphatic rings. The van der Waals surface area contributed by atoms with Crippen LogP contribution in [0.1, 0.15) is 29.6 Å². The van der Waals surface area contributed by atoms with E-state index in [2.05, 4.69) is 30.4 Å². The van der Waals surface area contributed by atoms with Crippen LogP contribution >= 0.6 is 15.9 Å². The molecule has 2 aromatic rings. The van der Waals surface area contributed by atoms with Gasteiger partial charge in [-0.15, -0.1) is 0 Å². The lowest BCUT2D eigenvalue weighted by Crippen LogP contribution is -2.32. The van der Waals surface area contributed by atoms with E-state index in [0.29, 0.717) is 27.8 Å². The second-order valence-corrected chi connectivity index (χ2v) is 8.50. The van der Waals surface area contributed by atoms with E-state index in [4.69, 9.17) is 0 Å². The highest BCUT2D eigenvalue weighted by atomic mass is 79.9. The summed E-state index contributed by atoms with van der Waals surface area (Å²) in [6, 6.07) is 10.3. The lowest BCUT2D eigenvalue weighted by molar-refractivity contribution is -0.140. The van der Waals surface area contributed by atoms with Crippen LogP contribution in [-0.4, -0.2) is 33.5 Å². The number of esters is 1. The number of aromatic nitrogens is 1. The summed E-state index contributed by atoms with van der Waals surface area (Å²) in [6.45, 7) is 0. The molecule has 1 amide bonds. The van der Waals surface area contributed by atoms with Crippen LogP contribution in [0, 0.1) is 0 Å². The van der Waals surface area contributed by atoms with Crippen molar-refractivity contribution >= 4 is 42.9 Å². The zero-order valence-corrected chi connectivity index (χ0v) is 16.6. The van der Waals surface area contributed by atoms with Crippen LogP contribution in [0.3, 0.4) is 0 Å². The van der Waals surface area contributed by atoms with Crippen LogP contribution in [0.15, 0.2) is 58.2 Å². The maximum absolute atomic E-state index is 13.4. The minimum atomic E-state index is -2.95. The fourth-order valence-corrected chi connectivity index (χ4v) is 4.36. The summed E-state index contributed by atoms with van der Waals surface area (Å²) < 4.78 is 21.3. The van der Waals surface area contributed by atoms with E-state index >= 15 is 0 Å². The number of methoxy groups -OCH3 is 1. The summed E-state index contributed by atoms with van der Waals surface area (Å²) in [5, 5.41) is 1.55. The number of halogens is 1. The van der Waals surface area contributed by atoms with Gasteiger partial charge in [0, 0.05) is 28.2 Å². The number of hydrogen-bond acceptors (Lipinski definition) is 5. The minimum Gasteiger partial charge on any atom is -0.469 e. The monoisotopic (exact) mass is 438 g/mol. The van der Waals surface area contributed by atoms with Gasteiger partial charge in [-0.3, -0.25) is 19.3 Å². The Balaban J connectivity index is 2.25. The molecule has 26 heavy (non-hydrogen) atoms. The molecule has 0 aliphatic heterocycles. The van der Waals surface area contributed by atoms with Gasteiger partial charge in [0.2, 0.25) is 0 Å². The van der Waals surface area contributed by atoms with E-state index in [1.807, 2.05) is 0 Å². The van der Waals surface area contributed by atoms with E-state index in [1.54, 1.807) is 48.0 Å². The molecule has 0 fully saturated rings. The summed E-state index contributed by atoms with van der Waals surface area (Å²) in [6.07, 6.45) is 4.05. The van der Waals surface area contributed by atoms with Crippen LogP contribution in [-0.2, 0) is 19.2 Å². The fraction of sp³-hybridized carbons (Fsp3) is 0.222. The third-order valence-electron chi connectivity index (χ3n) is 3.47. The molecule has 1 aromatic heterocycles. The maximum Gasteiger partial charge on any atom is 0.305 e. The van der Waals surface area contributed by atoms with Crippen molar-refractivity contribution in [1.29, 1.82) is 0 Å². The Labute approximate surface area is 161 Å². The first-order valence-electron chi connectivity index (χ1n) is 7.86. The zero-order valence-electron chi connectivity index (χ0n) is 14.2. The smallest absolute Gasteiger partial charge is 0.305 e. The molecular weight excluding hydrogens is 420 g/mol. The number of carbonyl (C=O) groups is 2. The first-order valence-corrected chi connectivity index (χ1v) is 10.3. The van der Waals surface area contributed by atoms with Crippen LogP contribution in [0.5, 0.6) is 0 Å². The number of benzene rings is 1. The topological polar surface area (TPSA) is 85.4 Å². The largest absolute Gasteiger partial charge is 0.469 e. The Bertz CT molecular complexity index is 893. The van der Waals surface area contributed by atoms with Crippen molar-refractivity contribution in [3.05, 3.63) is 58.8 Å². The molecule has 0 saturated heterocycles. The number of hydrogen-bond donors (Lipinski definition) is 1. The van der Waals surface area contributed by atoms with Gasteiger partial charge in [0.05, 0.1) is 22.4 Å². The summed E-state index contributed by atoms with van der Waals surface area (Å²) in [5.74, 6) is -0.814. The van der Waals surface area contributed by atoms with E-state index in [9.17, 15) is 13.8 Å². The molecule has 2 rings (SSSR count). The van der Waals surface area contributed by atoms with Crippen molar-refractivity contribution < 1.29 is 18.5 Å². The molecule has 0 spiro atoms. The molecular formula is C18H19BrN2O4S. The van der Waals surface area contributed by atoms with Gasteiger partial charge in [0.25, 0.3) is 5.91 Å². The van der Waals surface area contributed by atoms with Gasteiger partial charge in [-0.05, 0) is 52.3 Å². The molecule has 0 aliphatic carbocycles. The zero-order chi connectivity index (χ0) is 19.0.